The van der Waals surface area contributed by atoms with Crippen molar-refractivity contribution in [2.24, 2.45) is 5.92 Å². The van der Waals surface area contributed by atoms with Gasteiger partial charge in [-0.2, -0.15) is 0 Å². The highest BCUT2D eigenvalue weighted by atomic mass is 16.4. The van der Waals surface area contributed by atoms with E-state index in [1.54, 1.807) is 6.92 Å². The Labute approximate surface area is 130 Å². The Balaban J connectivity index is 2.20. The van der Waals surface area contributed by atoms with Gasteiger partial charge in [0.15, 0.2) is 0 Å². The summed E-state index contributed by atoms with van der Waals surface area (Å²) in [6.07, 6.45) is 0.562. The third-order valence-electron chi connectivity index (χ3n) is 4.25. The van der Waals surface area contributed by atoms with E-state index in [0.717, 1.165) is 5.56 Å². The highest BCUT2D eigenvalue weighted by Crippen LogP contribution is 2.32. The van der Waals surface area contributed by atoms with Crippen molar-refractivity contribution >= 4 is 27.8 Å². The Hall–Kier alpha value is -2.29. The third-order valence-corrected chi connectivity index (χ3v) is 4.25. The monoisotopic (exact) mass is 295 g/mol. The molecule has 22 heavy (non-hydrogen) atoms. The first-order valence-electron chi connectivity index (χ1n) is 7.73. The number of fused-ring (bicyclic) bond motifs is 3. The number of carbonyl (C=O) groups is 1. The van der Waals surface area contributed by atoms with Crippen LogP contribution in [0, 0.1) is 5.92 Å². The molecule has 114 valence electrons. The molecule has 1 heterocycles. The van der Waals surface area contributed by atoms with E-state index in [4.69, 9.17) is 5.11 Å². The molecule has 0 saturated heterocycles. The molecule has 1 unspecified atom stereocenters. The fourth-order valence-corrected chi connectivity index (χ4v) is 3.17. The van der Waals surface area contributed by atoms with Crippen molar-refractivity contribution in [1.82, 2.24) is 4.57 Å². The standard InChI is InChI=1S/C19H21NO2/c1-12(2)20-17-7-5-4-6-15(17)16-11-14(8-9-18(16)20)10-13(3)19(21)22/h4-9,11-13H,10H2,1-3H3,(H,21,22). The lowest BCUT2D eigenvalue weighted by Crippen LogP contribution is -2.12. The number of carboxylic acids is 1. The molecular weight excluding hydrogens is 274 g/mol. The minimum absolute atomic E-state index is 0.365. The van der Waals surface area contributed by atoms with Crippen molar-refractivity contribution in [1.29, 1.82) is 0 Å². The lowest BCUT2D eigenvalue weighted by molar-refractivity contribution is -0.141. The van der Waals surface area contributed by atoms with Gasteiger partial charge >= 0.3 is 5.97 Å². The van der Waals surface area contributed by atoms with E-state index >= 15 is 0 Å². The van der Waals surface area contributed by atoms with E-state index in [-0.39, 0.29) is 5.92 Å². The second-order valence-corrected chi connectivity index (χ2v) is 6.28. The summed E-state index contributed by atoms with van der Waals surface area (Å²) in [6, 6.07) is 15.1. The van der Waals surface area contributed by atoms with Crippen LogP contribution in [0.1, 0.15) is 32.4 Å². The molecule has 0 saturated carbocycles. The number of nitrogens with zero attached hydrogens (tertiary/aromatic N) is 1. The summed E-state index contributed by atoms with van der Waals surface area (Å²) in [4.78, 5) is 11.1. The summed E-state index contributed by atoms with van der Waals surface area (Å²) in [7, 11) is 0. The summed E-state index contributed by atoms with van der Waals surface area (Å²) in [5.74, 6) is -1.11. The van der Waals surface area contributed by atoms with E-state index in [2.05, 4.69) is 60.9 Å². The second-order valence-electron chi connectivity index (χ2n) is 6.28. The van der Waals surface area contributed by atoms with E-state index in [1.165, 1.54) is 21.8 Å². The first-order valence-corrected chi connectivity index (χ1v) is 7.73. The van der Waals surface area contributed by atoms with Gasteiger partial charge in [0.25, 0.3) is 0 Å². The zero-order valence-electron chi connectivity index (χ0n) is 13.2. The number of hydrogen-bond acceptors (Lipinski definition) is 1. The molecule has 0 aliphatic carbocycles. The zero-order valence-corrected chi connectivity index (χ0v) is 13.2. The molecule has 1 aromatic heterocycles. The summed E-state index contributed by atoms with van der Waals surface area (Å²) in [5, 5.41) is 11.5. The molecule has 0 aliphatic heterocycles. The average molecular weight is 295 g/mol. The maximum absolute atomic E-state index is 11.1. The van der Waals surface area contributed by atoms with Crippen LogP contribution in [0.2, 0.25) is 0 Å². The third kappa shape index (κ3) is 2.37. The number of benzene rings is 2. The van der Waals surface area contributed by atoms with Gasteiger partial charge in [-0.1, -0.05) is 31.2 Å². The number of aliphatic carboxylic acids is 1. The topological polar surface area (TPSA) is 42.2 Å². The maximum atomic E-state index is 11.1. The van der Waals surface area contributed by atoms with Crippen LogP contribution in [0.25, 0.3) is 21.8 Å². The average Bonchev–Trinajstić information content (AvgIpc) is 2.81. The van der Waals surface area contributed by atoms with Crippen molar-refractivity contribution in [2.75, 3.05) is 0 Å². The fraction of sp³-hybridized carbons (Fsp3) is 0.316. The number of para-hydroxylation sites is 1. The van der Waals surface area contributed by atoms with Crippen LogP contribution >= 0.6 is 0 Å². The Morgan fingerprint density at radius 3 is 2.41 bits per heavy atom. The molecule has 0 bridgehead atoms. The van der Waals surface area contributed by atoms with Crippen LogP contribution in [0.5, 0.6) is 0 Å². The second kappa shape index (κ2) is 5.48. The van der Waals surface area contributed by atoms with E-state index in [1.807, 2.05) is 0 Å². The molecule has 3 nitrogen and oxygen atoms in total. The predicted octanol–water partition coefficient (Wildman–Crippen LogP) is 4.64. The van der Waals surface area contributed by atoms with Crippen molar-refractivity contribution in [3.8, 4) is 0 Å². The van der Waals surface area contributed by atoms with Gasteiger partial charge in [0, 0.05) is 27.8 Å². The summed E-state index contributed by atoms with van der Waals surface area (Å²) in [5.41, 5.74) is 3.52. The number of carboxylic acid groups (broad SMARTS) is 1. The largest absolute Gasteiger partial charge is 0.481 e. The molecule has 3 rings (SSSR count). The van der Waals surface area contributed by atoms with Gasteiger partial charge in [-0.15, -0.1) is 0 Å². The Kier molecular flexibility index (Phi) is 3.65. The van der Waals surface area contributed by atoms with Crippen LogP contribution in [-0.2, 0) is 11.2 Å². The lowest BCUT2D eigenvalue weighted by Gasteiger charge is -2.12. The quantitative estimate of drug-likeness (QED) is 0.762. The molecule has 3 aromatic rings. The normalized spacial score (nSPS) is 13.1. The Bertz CT molecular complexity index is 845. The first-order chi connectivity index (χ1) is 10.5. The van der Waals surface area contributed by atoms with Gasteiger partial charge in [-0.25, -0.2) is 0 Å². The zero-order chi connectivity index (χ0) is 15.9. The molecule has 0 spiro atoms. The Morgan fingerprint density at radius 1 is 1.05 bits per heavy atom. The molecule has 0 amide bonds. The van der Waals surface area contributed by atoms with E-state index < -0.39 is 5.97 Å². The van der Waals surface area contributed by atoms with Gasteiger partial charge < -0.3 is 9.67 Å². The highest BCUT2D eigenvalue weighted by molar-refractivity contribution is 6.08. The van der Waals surface area contributed by atoms with Gasteiger partial charge in [0.2, 0.25) is 0 Å². The van der Waals surface area contributed by atoms with Crippen LogP contribution in [0.4, 0.5) is 0 Å². The van der Waals surface area contributed by atoms with E-state index in [0.29, 0.717) is 12.5 Å². The van der Waals surface area contributed by atoms with Crippen molar-refractivity contribution < 1.29 is 9.90 Å². The molecule has 2 aromatic carbocycles. The maximum Gasteiger partial charge on any atom is 0.306 e. The van der Waals surface area contributed by atoms with Gasteiger partial charge in [-0.3, -0.25) is 4.79 Å². The lowest BCUT2D eigenvalue weighted by atomic mass is 9.99. The SMILES string of the molecule is CC(Cc1ccc2c(c1)c1ccccc1n2C(C)C)C(=O)O. The molecule has 3 heteroatoms. The van der Waals surface area contributed by atoms with Gasteiger partial charge in [0.1, 0.15) is 0 Å². The first kappa shape index (κ1) is 14.6. The fourth-order valence-electron chi connectivity index (χ4n) is 3.17. The summed E-state index contributed by atoms with van der Waals surface area (Å²) < 4.78 is 2.34. The van der Waals surface area contributed by atoms with Crippen LogP contribution in [0.15, 0.2) is 42.5 Å². The summed E-state index contributed by atoms with van der Waals surface area (Å²) >= 11 is 0. The van der Waals surface area contributed by atoms with Crippen molar-refractivity contribution in [3.05, 3.63) is 48.0 Å². The minimum Gasteiger partial charge on any atom is -0.481 e. The van der Waals surface area contributed by atoms with Gasteiger partial charge in [0.05, 0.1) is 5.92 Å². The highest BCUT2D eigenvalue weighted by Gasteiger charge is 2.15. The number of rotatable bonds is 4. The molecular formula is C19H21NO2. The number of hydrogen-bond donors (Lipinski definition) is 1. The van der Waals surface area contributed by atoms with Crippen molar-refractivity contribution in [3.63, 3.8) is 0 Å². The van der Waals surface area contributed by atoms with Crippen LogP contribution in [-0.4, -0.2) is 15.6 Å². The Morgan fingerprint density at radius 2 is 1.73 bits per heavy atom. The minimum atomic E-state index is -0.746. The summed E-state index contributed by atoms with van der Waals surface area (Å²) in [6.45, 7) is 6.13. The van der Waals surface area contributed by atoms with Crippen LogP contribution < -0.4 is 0 Å². The van der Waals surface area contributed by atoms with Crippen molar-refractivity contribution in [2.45, 2.75) is 33.2 Å². The van der Waals surface area contributed by atoms with E-state index in [9.17, 15) is 4.79 Å². The number of aromatic nitrogens is 1. The molecule has 0 fully saturated rings. The van der Waals surface area contributed by atoms with Gasteiger partial charge in [-0.05, 0) is 44.0 Å². The molecule has 0 aliphatic rings. The molecule has 1 atom stereocenters. The predicted molar refractivity (Wildman–Crippen MR) is 90.3 cm³/mol. The smallest absolute Gasteiger partial charge is 0.306 e. The molecule has 0 radical (unpaired) electrons. The molecule has 1 N–H and O–H groups in total. The van der Waals surface area contributed by atoms with Crippen LogP contribution in [0.3, 0.4) is 0 Å².